The fourth-order valence-electron chi connectivity index (χ4n) is 2.98. The van der Waals surface area contributed by atoms with Crippen LogP contribution in [0.5, 0.6) is 5.75 Å². The maximum absolute atomic E-state index is 12.9. The fourth-order valence-corrected chi connectivity index (χ4v) is 3.80. The molecule has 146 valence electrons. The highest BCUT2D eigenvalue weighted by Gasteiger charge is 2.19. The summed E-state index contributed by atoms with van der Waals surface area (Å²) in [6.45, 7) is 7.34. The molecule has 5 heteroatoms. The number of hydrogen-bond acceptors (Lipinski definition) is 4. The van der Waals surface area contributed by atoms with Crippen molar-refractivity contribution in [2.75, 3.05) is 6.61 Å². The number of carbonyl (C=O) groups is 1. The second-order valence-corrected chi connectivity index (χ2v) is 7.74. The summed E-state index contributed by atoms with van der Waals surface area (Å²) < 4.78 is 5.48. The van der Waals surface area contributed by atoms with E-state index >= 15 is 0 Å². The Morgan fingerprint density at radius 3 is 2.46 bits per heavy atom. The van der Waals surface area contributed by atoms with E-state index in [0.29, 0.717) is 19.6 Å². The zero-order chi connectivity index (χ0) is 19.9. The third kappa shape index (κ3) is 5.20. The lowest BCUT2D eigenvalue weighted by Crippen LogP contribution is -2.37. The minimum absolute atomic E-state index is 0.0994. The number of amides is 1. The van der Waals surface area contributed by atoms with Gasteiger partial charge in [0.2, 0.25) is 5.91 Å². The molecule has 4 nitrogen and oxygen atoms in total. The number of rotatable bonds is 8. The van der Waals surface area contributed by atoms with Crippen molar-refractivity contribution in [1.82, 2.24) is 9.88 Å². The lowest BCUT2D eigenvalue weighted by molar-refractivity contribution is -0.132. The standard InChI is InChI=1S/C23H26N2O2S/c1-4-27-21-12-10-19(11-13-21)23-24-20(16-28-23)14-22(26)25(17(2)3)15-18-8-6-5-7-9-18/h5-13,16-17H,4,14-15H2,1-3H3. The van der Waals surface area contributed by atoms with Crippen LogP contribution in [0.25, 0.3) is 10.6 Å². The van der Waals surface area contributed by atoms with Crippen LogP contribution in [0.1, 0.15) is 32.0 Å². The van der Waals surface area contributed by atoms with E-state index in [2.05, 4.69) is 17.1 Å². The topological polar surface area (TPSA) is 42.4 Å². The maximum atomic E-state index is 12.9. The van der Waals surface area contributed by atoms with Gasteiger partial charge in [-0.25, -0.2) is 4.98 Å². The van der Waals surface area contributed by atoms with Gasteiger partial charge in [0, 0.05) is 23.5 Å². The number of benzene rings is 2. The molecule has 28 heavy (non-hydrogen) atoms. The largest absolute Gasteiger partial charge is 0.494 e. The Bertz CT molecular complexity index is 888. The van der Waals surface area contributed by atoms with E-state index in [1.807, 2.05) is 73.5 Å². The molecule has 1 heterocycles. The van der Waals surface area contributed by atoms with Gasteiger partial charge in [0.25, 0.3) is 0 Å². The van der Waals surface area contributed by atoms with Gasteiger partial charge in [-0.2, -0.15) is 0 Å². The van der Waals surface area contributed by atoms with Crippen molar-refractivity contribution in [1.29, 1.82) is 0 Å². The first kappa shape index (κ1) is 20.1. The van der Waals surface area contributed by atoms with Crippen LogP contribution in [0.15, 0.2) is 60.0 Å². The van der Waals surface area contributed by atoms with Crippen LogP contribution in [-0.4, -0.2) is 28.4 Å². The van der Waals surface area contributed by atoms with Crippen LogP contribution < -0.4 is 4.74 Å². The summed E-state index contributed by atoms with van der Waals surface area (Å²) in [4.78, 5) is 19.5. The van der Waals surface area contributed by atoms with Crippen LogP contribution in [0.4, 0.5) is 0 Å². The average molecular weight is 395 g/mol. The molecule has 3 aromatic rings. The van der Waals surface area contributed by atoms with Crippen LogP contribution in [0.2, 0.25) is 0 Å². The third-order valence-electron chi connectivity index (χ3n) is 4.44. The molecule has 0 bridgehead atoms. The van der Waals surface area contributed by atoms with Gasteiger partial charge in [-0.3, -0.25) is 4.79 Å². The first-order valence-electron chi connectivity index (χ1n) is 9.58. The predicted octanol–water partition coefficient (Wildman–Crippen LogP) is 5.19. The number of thiazole rings is 1. The second kappa shape index (κ2) is 9.51. The SMILES string of the molecule is CCOc1ccc(-c2nc(CC(=O)N(Cc3ccccc3)C(C)C)cs2)cc1. The smallest absolute Gasteiger partial charge is 0.229 e. The van der Waals surface area contributed by atoms with Crippen molar-refractivity contribution in [3.05, 3.63) is 71.2 Å². The summed E-state index contributed by atoms with van der Waals surface area (Å²) in [5.74, 6) is 0.953. The van der Waals surface area contributed by atoms with Crippen molar-refractivity contribution >= 4 is 17.2 Å². The Labute approximate surface area is 170 Å². The quantitative estimate of drug-likeness (QED) is 0.528. The Kier molecular flexibility index (Phi) is 6.82. The Morgan fingerprint density at radius 1 is 1.11 bits per heavy atom. The van der Waals surface area contributed by atoms with E-state index < -0.39 is 0 Å². The van der Waals surface area contributed by atoms with Crippen molar-refractivity contribution in [3.8, 4) is 16.3 Å². The van der Waals surface area contributed by atoms with Gasteiger partial charge in [0.05, 0.1) is 18.7 Å². The van der Waals surface area contributed by atoms with Gasteiger partial charge in [-0.1, -0.05) is 30.3 Å². The molecule has 0 radical (unpaired) electrons. The number of ether oxygens (including phenoxy) is 1. The molecule has 0 aliphatic carbocycles. The average Bonchev–Trinajstić information content (AvgIpc) is 3.16. The molecule has 0 fully saturated rings. The number of nitrogens with zero attached hydrogens (tertiary/aromatic N) is 2. The molecule has 0 N–H and O–H groups in total. The monoisotopic (exact) mass is 394 g/mol. The highest BCUT2D eigenvalue weighted by Crippen LogP contribution is 2.26. The van der Waals surface area contributed by atoms with Gasteiger partial charge in [-0.15, -0.1) is 11.3 Å². The van der Waals surface area contributed by atoms with E-state index in [1.165, 1.54) is 0 Å². The van der Waals surface area contributed by atoms with Gasteiger partial charge >= 0.3 is 0 Å². The van der Waals surface area contributed by atoms with Crippen molar-refractivity contribution in [2.45, 2.75) is 39.8 Å². The molecule has 1 aromatic heterocycles. The van der Waals surface area contributed by atoms with E-state index in [4.69, 9.17) is 4.74 Å². The Hall–Kier alpha value is -2.66. The minimum atomic E-state index is 0.0994. The third-order valence-corrected chi connectivity index (χ3v) is 5.38. The minimum Gasteiger partial charge on any atom is -0.494 e. The molecular weight excluding hydrogens is 368 g/mol. The van der Waals surface area contributed by atoms with Crippen LogP contribution >= 0.6 is 11.3 Å². The molecule has 0 aliphatic heterocycles. The summed E-state index contributed by atoms with van der Waals surface area (Å²) >= 11 is 1.57. The number of hydrogen-bond donors (Lipinski definition) is 0. The zero-order valence-electron chi connectivity index (χ0n) is 16.6. The molecule has 0 unspecified atom stereocenters. The van der Waals surface area contributed by atoms with Crippen molar-refractivity contribution in [2.24, 2.45) is 0 Å². The van der Waals surface area contributed by atoms with E-state index in [-0.39, 0.29) is 11.9 Å². The molecule has 0 spiro atoms. The van der Waals surface area contributed by atoms with Crippen LogP contribution in [0.3, 0.4) is 0 Å². The summed E-state index contributed by atoms with van der Waals surface area (Å²) in [6, 6.07) is 18.1. The molecule has 1 amide bonds. The van der Waals surface area contributed by atoms with Gasteiger partial charge in [-0.05, 0) is 50.6 Å². The van der Waals surface area contributed by atoms with Crippen molar-refractivity contribution < 1.29 is 9.53 Å². The van der Waals surface area contributed by atoms with Crippen LogP contribution in [-0.2, 0) is 17.8 Å². The summed E-state index contributed by atoms with van der Waals surface area (Å²) in [5.41, 5.74) is 2.99. The van der Waals surface area contributed by atoms with Crippen molar-refractivity contribution in [3.63, 3.8) is 0 Å². The maximum Gasteiger partial charge on any atom is 0.229 e. The fraction of sp³-hybridized carbons (Fsp3) is 0.304. The molecule has 3 rings (SSSR count). The summed E-state index contributed by atoms with van der Waals surface area (Å²) in [6.07, 6.45) is 0.318. The van der Waals surface area contributed by atoms with E-state index in [9.17, 15) is 4.79 Å². The van der Waals surface area contributed by atoms with E-state index in [1.54, 1.807) is 11.3 Å². The number of aromatic nitrogens is 1. The van der Waals surface area contributed by atoms with Gasteiger partial charge in [0.15, 0.2) is 0 Å². The van der Waals surface area contributed by atoms with Gasteiger partial charge in [0.1, 0.15) is 10.8 Å². The normalized spacial score (nSPS) is 10.9. The molecule has 0 atom stereocenters. The first-order chi connectivity index (χ1) is 13.6. The summed E-state index contributed by atoms with van der Waals surface area (Å²) in [7, 11) is 0. The molecule has 0 aliphatic rings. The Balaban J connectivity index is 1.68. The zero-order valence-corrected chi connectivity index (χ0v) is 17.4. The van der Waals surface area contributed by atoms with E-state index in [0.717, 1.165) is 27.6 Å². The molecule has 0 saturated heterocycles. The molecule has 2 aromatic carbocycles. The second-order valence-electron chi connectivity index (χ2n) is 6.88. The van der Waals surface area contributed by atoms with Crippen LogP contribution in [0, 0.1) is 0 Å². The highest BCUT2D eigenvalue weighted by molar-refractivity contribution is 7.13. The first-order valence-corrected chi connectivity index (χ1v) is 10.5. The predicted molar refractivity (Wildman–Crippen MR) is 115 cm³/mol. The number of carbonyl (C=O) groups excluding carboxylic acids is 1. The van der Waals surface area contributed by atoms with Gasteiger partial charge < -0.3 is 9.64 Å². The summed E-state index contributed by atoms with van der Waals surface area (Å²) in [5, 5.41) is 2.90. The molecule has 0 saturated carbocycles. The lowest BCUT2D eigenvalue weighted by Gasteiger charge is -2.26. The molecular formula is C23H26N2O2S. The lowest BCUT2D eigenvalue weighted by atomic mass is 10.1. The highest BCUT2D eigenvalue weighted by atomic mass is 32.1. The Morgan fingerprint density at radius 2 is 1.82 bits per heavy atom.